The van der Waals surface area contributed by atoms with Crippen molar-refractivity contribution >= 4 is 17.9 Å². The molecule has 0 heterocycles. The Labute approximate surface area is 529 Å². The van der Waals surface area contributed by atoms with E-state index in [2.05, 4.69) is 26.0 Å². The number of carbonyl (C=O) groups is 3. The Hall–Kier alpha value is -1.97. The van der Waals surface area contributed by atoms with Crippen molar-refractivity contribution < 1.29 is 42.9 Å². The van der Waals surface area contributed by atoms with Gasteiger partial charge < -0.3 is 33.3 Å². The molecular formula is C76H147NO8. The van der Waals surface area contributed by atoms with Crippen LogP contribution in [0.15, 0.2) is 12.2 Å². The van der Waals surface area contributed by atoms with Gasteiger partial charge in [-0.15, -0.1) is 0 Å². The summed E-state index contributed by atoms with van der Waals surface area (Å²) in [4.78, 5) is 37.5. The summed E-state index contributed by atoms with van der Waals surface area (Å²) in [7, 11) is 5.95. The number of hydrogen-bond acceptors (Lipinski definition) is 8. The molecule has 2 atom stereocenters. The largest absolute Gasteiger partial charge is 0.545 e. The van der Waals surface area contributed by atoms with Crippen molar-refractivity contribution in [2.24, 2.45) is 0 Å². The number of quaternary nitrogens is 1. The van der Waals surface area contributed by atoms with E-state index < -0.39 is 24.3 Å². The van der Waals surface area contributed by atoms with Gasteiger partial charge in [0.15, 0.2) is 12.4 Å². The van der Waals surface area contributed by atoms with Gasteiger partial charge in [-0.2, -0.15) is 0 Å². The molecule has 9 heteroatoms. The van der Waals surface area contributed by atoms with Crippen LogP contribution in [0.25, 0.3) is 0 Å². The van der Waals surface area contributed by atoms with Crippen LogP contribution in [0.4, 0.5) is 0 Å². The van der Waals surface area contributed by atoms with Gasteiger partial charge in [-0.25, -0.2) is 0 Å². The molecule has 0 spiro atoms. The second-order valence-corrected chi connectivity index (χ2v) is 27.3. The van der Waals surface area contributed by atoms with E-state index in [1.165, 1.54) is 334 Å². The lowest BCUT2D eigenvalue weighted by molar-refractivity contribution is -0.870. The smallest absolute Gasteiger partial charge is 0.306 e. The van der Waals surface area contributed by atoms with Gasteiger partial charge in [-0.1, -0.05) is 360 Å². The number of likely N-dealkylation sites (N-methyl/N-ethyl adjacent to an activating group) is 1. The Balaban J connectivity index is 3.99. The number of carbonyl (C=O) groups excluding carboxylic acids is 3. The van der Waals surface area contributed by atoms with Gasteiger partial charge in [-0.3, -0.25) is 9.59 Å². The van der Waals surface area contributed by atoms with E-state index in [0.717, 1.165) is 38.5 Å². The molecule has 0 aliphatic rings. The Kier molecular flexibility index (Phi) is 66.4. The second-order valence-electron chi connectivity index (χ2n) is 27.3. The van der Waals surface area contributed by atoms with Gasteiger partial charge in [0.05, 0.1) is 40.3 Å². The fourth-order valence-electron chi connectivity index (χ4n) is 11.7. The van der Waals surface area contributed by atoms with Crippen LogP contribution in [0, 0.1) is 0 Å². The molecule has 0 bridgehead atoms. The summed E-state index contributed by atoms with van der Waals surface area (Å²) in [6.07, 6.45) is 80.4. The molecule has 9 nitrogen and oxygen atoms in total. The van der Waals surface area contributed by atoms with E-state index in [9.17, 15) is 19.5 Å². The maximum Gasteiger partial charge on any atom is 0.306 e. The number of carboxylic acid groups (broad SMARTS) is 1. The second kappa shape index (κ2) is 68.0. The normalized spacial score (nSPS) is 12.6. The van der Waals surface area contributed by atoms with Crippen molar-refractivity contribution in [2.45, 2.75) is 411 Å². The molecule has 0 rings (SSSR count). The van der Waals surface area contributed by atoms with E-state index >= 15 is 0 Å². The lowest BCUT2D eigenvalue weighted by atomic mass is 10.0. The number of hydrogen-bond donors (Lipinski definition) is 0. The lowest BCUT2D eigenvalue weighted by Crippen LogP contribution is -2.44. The Morgan fingerprint density at radius 1 is 0.341 bits per heavy atom. The van der Waals surface area contributed by atoms with E-state index in [-0.39, 0.29) is 32.2 Å². The van der Waals surface area contributed by atoms with Crippen LogP contribution in [0.3, 0.4) is 0 Å². The molecule has 2 unspecified atom stereocenters. The van der Waals surface area contributed by atoms with Crippen LogP contribution in [0.5, 0.6) is 0 Å². The van der Waals surface area contributed by atoms with Crippen molar-refractivity contribution in [3.8, 4) is 0 Å². The SMILES string of the molecule is CCCCCCCCCC/C=C\CCCCCCCCCCCCCCCCCC(=O)OC(COC(=O)CCCCCCCCCCCCCCCCCCCCCCCCCCCCCCCCCCC)COC(OCC[N+](C)(C)C)C(=O)[O-]. The number of carboxylic acids is 1. The zero-order chi connectivity index (χ0) is 61.9. The molecule has 0 aromatic carbocycles. The molecule has 0 aliphatic carbocycles. The number of ether oxygens (including phenoxy) is 4. The zero-order valence-electron chi connectivity index (χ0n) is 57.8. The standard InChI is InChI=1S/C76H147NO8/c1-6-8-10-12-14-16-18-20-22-24-26-28-30-32-34-35-36-37-38-39-41-42-44-46-48-50-52-54-56-58-60-62-64-66-73(78)83-70-72(71-84-76(75(80)81)82-69-68-77(3,4)5)85-74(79)67-65-63-61-59-57-55-53-51-49-47-45-43-40-33-31-29-27-25-23-21-19-17-15-13-11-9-7-2/h25,27,72,76H,6-24,26,28-71H2,1-5H3/b27-25-. The van der Waals surface area contributed by atoms with Gasteiger partial charge in [0, 0.05) is 12.8 Å². The predicted molar refractivity (Wildman–Crippen MR) is 362 cm³/mol. The van der Waals surface area contributed by atoms with Crippen LogP contribution >= 0.6 is 0 Å². The van der Waals surface area contributed by atoms with E-state index in [1.807, 2.05) is 21.1 Å². The number of unbranched alkanes of at least 4 members (excludes halogenated alkanes) is 55. The van der Waals surface area contributed by atoms with Crippen LogP contribution in [-0.4, -0.2) is 82.3 Å². The molecule has 0 aliphatic heterocycles. The van der Waals surface area contributed by atoms with Crippen molar-refractivity contribution in [2.75, 3.05) is 47.5 Å². The minimum Gasteiger partial charge on any atom is -0.545 e. The Morgan fingerprint density at radius 2 is 0.600 bits per heavy atom. The van der Waals surface area contributed by atoms with Gasteiger partial charge >= 0.3 is 11.9 Å². The molecule has 0 aromatic heterocycles. The molecule has 0 radical (unpaired) electrons. The highest BCUT2D eigenvalue weighted by Crippen LogP contribution is 2.20. The highest BCUT2D eigenvalue weighted by Gasteiger charge is 2.22. The quantitative estimate of drug-likeness (QED) is 0.0195. The summed E-state index contributed by atoms with van der Waals surface area (Å²) in [6, 6.07) is 0. The predicted octanol–water partition coefficient (Wildman–Crippen LogP) is 22.3. The maximum atomic E-state index is 12.9. The average molecular weight is 1200 g/mol. The first-order valence-corrected chi connectivity index (χ1v) is 37.8. The minimum atomic E-state index is -1.62. The first-order valence-electron chi connectivity index (χ1n) is 37.8. The number of allylic oxidation sites excluding steroid dienone is 2. The molecule has 0 fully saturated rings. The summed E-state index contributed by atoms with van der Waals surface area (Å²) in [5.74, 6) is -2.25. The van der Waals surface area contributed by atoms with Crippen LogP contribution in [0.2, 0.25) is 0 Å². The highest BCUT2D eigenvalue weighted by atomic mass is 16.7. The molecule has 0 amide bonds. The first kappa shape index (κ1) is 83.0. The Bertz CT molecular complexity index is 1400. The molecular weight excluding hydrogens is 1050 g/mol. The number of nitrogens with zero attached hydrogens (tertiary/aromatic N) is 1. The molecule has 504 valence electrons. The third-order valence-corrected chi connectivity index (χ3v) is 17.5. The average Bonchev–Trinajstić information content (AvgIpc) is 3.48. The maximum absolute atomic E-state index is 12.9. The molecule has 0 saturated carbocycles. The molecule has 0 N–H and O–H groups in total. The minimum absolute atomic E-state index is 0.152. The molecule has 0 saturated heterocycles. The van der Waals surface area contributed by atoms with Crippen LogP contribution in [0.1, 0.15) is 399 Å². The Morgan fingerprint density at radius 3 is 0.871 bits per heavy atom. The van der Waals surface area contributed by atoms with Crippen molar-refractivity contribution in [1.82, 2.24) is 0 Å². The number of rotatable bonds is 72. The van der Waals surface area contributed by atoms with E-state index in [1.54, 1.807) is 0 Å². The van der Waals surface area contributed by atoms with Crippen LogP contribution in [-0.2, 0) is 33.3 Å². The third-order valence-electron chi connectivity index (χ3n) is 17.5. The van der Waals surface area contributed by atoms with Gasteiger partial charge in [0.2, 0.25) is 0 Å². The van der Waals surface area contributed by atoms with Crippen molar-refractivity contribution in [3.63, 3.8) is 0 Å². The highest BCUT2D eigenvalue weighted by molar-refractivity contribution is 5.70. The summed E-state index contributed by atoms with van der Waals surface area (Å²) < 4.78 is 22.9. The first-order chi connectivity index (χ1) is 41.6. The van der Waals surface area contributed by atoms with Crippen molar-refractivity contribution in [3.05, 3.63) is 12.2 Å². The van der Waals surface area contributed by atoms with Gasteiger partial charge in [0.25, 0.3) is 0 Å². The third kappa shape index (κ3) is 69.4. The molecule has 85 heavy (non-hydrogen) atoms. The fourth-order valence-corrected chi connectivity index (χ4v) is 11.7. The molecule has 0 aromatic rings. The number of aliphatic carboxylic acids is 1. The van der Waals surface area contributed by atoms with Crippen LogP contribution < -0.4 is 5.11 Å². The summed E-state index contributed by atoms with van der Waals surface area (Å²) in [5, 5.41) is 11.8. The number of esters is 2. The summed E-state index contributed by atoms with van der Waals surface area (Å²) in [5.41, 5.74) is 0. The van der Waals surface area contributed by atoms with E-state index in [4.69, 9.17) is 18.9 Å². The van der Waals surface area contributed by atoms with E-state index in [0.29, 0.717) is 17.4 Å². The summed E-state index contributed by atoms with van der Waals surface area (Å²) >= 11 is 0. The van der Waals surface area contributed by atoms with Gasteiger partial charge in [-0.05, 0) is 38.5 Å². The van der Waals surface area contributed by atoms with Crippen molar-refractivity contribution in [1.29, 1.82) is 0 Å². The fraction of sp³-hybridized carbons (Fsp3) is 0.934. The zero-order valence-corrected chi connectivity index (χ0v) is 57.8. The summed E-state index contributed by atoms with van der Waals surface area (Å²) in [6.45, 7) is 4.84. The lowest BCUT2D eigenvalue weighted by Gasteiger charge is -2.26. The van der Waals surface area contributed by atoms with Gasteiger partial charge in [0.1, 0.15) is 13.2 Å². The topological polar surface area (TPSA) is 111 Å². The monoisotopic (exact) mass is 1200 g/mol.